The molecule has 0 saturated carbocycles. The summed E-state index contributed by atoms with van der Waals surface area (Å²) >= 11 is 1.87. The lowest BCUT2D eigenvalue weighted by molar-refractivity contribution is 0.399. The van der Waals surface area contributed by atoms with E-state index in [0.29, 0.717) is 0 Å². The highest BCUT2D eigenvalue weighted by molar-refractivity contribution is 7.12. The Morgan fingerprint density at radius 1 is 1.33 bits per heavy atom. The van der Waals surface area contributed by atoms with Gasteiger partial charge < -0.3 is 10.1 Å². The molecule has 0 bridgehead atoms. The lowest BCUT2D eigenvalue weighted by atomic mass is 10.1. The zero-order valence-electron chi connectivity index (χ0n) is 13.3. The van der Waals surface area contributed by atoms with E-state index in [-0.39, 0.29) is 6.04 Å². The molecule has 2 aromatic rings. The number of ether oxygens (including phenoxy) is 1. The van der Waals surface area contributed by atoms with E-state index in [1.165, 1.54) is 9.75 Å². The molecule has 0 amide bonds. The maximum atomic E-state index is 5.52. The molecule has 21 heavy (non-hydrogen) atoms. The molecule has 0 aromatic carbocycles. The molecule has 5 heteroatoms. The highest BCUT2D eigenvalue weighted by Crippen LogP contribution is 2.34. The number of nitrogens with zero attached hydrogens (tertiary/aromatic N) is 2. The second kappa shape index (κ2) is 7.61. The van der Waals surface area contributed by atoms with E-state index in [1.54, 1.807) is 7.11 Å². The van der Waals surface area contributed by atoms with Crippen LogP contribution in [0.15, 0.2) is 18.3 Å². The molecule has 0 radical (unpaired) electrons. The van der Waals surface area contributed by atoms with Gasteiger partial charge in [-0.15, -0.1) is 11.3 Å². The Morgan fingerprint density at radius 2 is 2.14 bits per heavy atom. The zero-order valence-corrected chi connectivity index (χ0v) is 14.2. The smallest absolute Gasteiger partial charge is 0.161 e. The topological polar surface area (TPSA) is 39.1 Å². The Balaban J connectivity index is 2.41. The molecule has 0 aliphatic rings. The molecule has 4 nitrogen and oxygen atoms in total. The predicted octanol–water partition coefficient (Wildman–Crippen LogP) is 3.62. The first-order valence-electron chi connectivity index (χ1n) is 7.66. The summed E-state index contributed by atoms with van der Waals surface area (Å²) in [4.78, 5) is 2.74. The van der Waals surface area contributed by atoms with Gasteiger partial charge in [0.05, 0.1) is 19.3 Å². The average Bonchev–Trinajstić information content (AvgIpc) is 3.14. The van der Waals surface area contributed by atoms with Gasteiger partial charge >= 0.3 is 0 Å². The first kappa shape index (κ1) is 16.0. The van der Waals surface area contributed by atoms with Crippen molar-refractivity contribution in [3.8, 4) is 5.75 Å². The third kappa shape index (κ3) is 3.47. The minimum Gasteiger partial charge on any atom is -0.493 e. The van der Waals surface area contributed by atoms with E-state index in [1.807, 2.05) is 22.2 Å². The van der Waals surface area contributed by atoms with Gasteiger partial charge in [-0.3, -0.25) is 4.68 Å². The van der Waals surface area contributed by atoms with Crippen molar-refractivity contribution in [1.29, 1.82) is 0 Å². The van der Waals surface area contributed by atoms with Gasteiger partial charge in [0.25, 0.3) is 0 Å². The Labute approximate surface area is 131 Å². The summed E-state index contributed by atoms with van der Waals surface area (Å²) in [7, 11) is 1.71. The van der Waals surface area contributed by atoms with E-state index in [9.17, 15) is 0 Å². The highest BCUT2D eigenvalue weighted by atomic mass is 32.1. The Morgan fingerprint density at radius 3 is 2.71 bits per heavy atom. The molecule has 1 unspecified atom stereocenters. The van der Waals surface area contributed by atoms with Crippen molar-refractivity contribution in [2.75, 3.05) is 13.7 Å². The van der Waals surface area contributed by atoms with Crippen LogP contribution in [-0.4, -0.2) is 23.4 Å². The number of aryl methyl sites for hydroxylation is 2. The van der Waals surface area contributed by atoms with Crippen LogP contribution in [-0.2, 0) is 13.0 Å². The van der Waals surface area contributed by atoms with Crippen LogP contribution < -0.4 is 10.1 Å². The maximum Gasteiger partial charge on any atom is 0.161 e. The van der Waals surface area contributed by atoms with Crippen LogP contribution in [0.3, 0.4) is 0 Å². The Kier molecular flexibility index (Phi) is 5.82. The summed E-state index contributed by atoms with van der Waals surface area (Å²) in [6.45, 7) is 8.31. The molecule has 2 aromatic heterocycles. The van der Waals surface area contributed by atoms with Crippen molar-refractivity contribution < 1.29 is 4.74 Å². The summed E-state index contributed by atoms with van der Waals surface area (Å²) < 4.78 is 7.55. The molecule has 0 aliphatic carbocycles. The van der Waals surface area contributed by atoms with Gasteiger partial charge in [-0.1, -0.05) is 13.8 Å². The Bertz CT molecular complexity index is 540. The second-order valence-electron chi connectivity index (χ2n) is 4.96. The quantitative estimate of drug-likeness (QED) is 0.809. The number of hydrogen-bond acceptors (Lipinski definition) is 4. The van der Waals surface area contributed by atoms with Crippen LogP contribution in [0.25, 0.3) is 0 Å². The fraction of sp³-hybridized carbons (Fsp3) is 0.562. The van der Waals surface area contributed by atoms with Gasteiger partial charge in [0.15, 0.2) is 5.75 Å². The summed E-state index contributed by atoms with van der Waals surface area (Å²) in [5.74, 6) is 0.858. The van der Waals surface area contributed by atoms with Crippen molar-refractivity contribution in [3.63, 3.8) is 0 Å². The Hall–Kier alpha value is -1.33. The SMILES string of the molecule is CCCNC(c1ccc(CC)s1)c1c(OC)cnn1CC. The minimum atomic E-state index is 0.146. The average molecular weight is 307 g/mol. The number of aromatic nitrogens is 2. The lowest BCUT2D eigenvalue weighted by Crippen LogP contribution is -2.25. The summed E-state index contributed by atoms with van der Waals surface area (Å²) in [6, 6.07) is 4.59. The molecule has 1 N–H and O–H groups in total. The monoisotopic (exact) mass is 307 g/mol. The van der Waals surface area contributed by atoms with Crippen molar-refractivity contribution in [1.82, 2.24) is 15.1 Å². The number of rotatable bonds is 8. The predicted molar refractivity (Wildman–Crippen MR) is 88.3 cm³/mol. The third-order valence-electron chi connectivity index (χ3n) is 3.55. The lowest BCUT2D eigenvalue weighted by Gasteiger charge is -2.19. The van der Waals surface area contributed by atoms with Gasteiger partial charge in [0.1, 0.15) is 5.69 Å². The van der Waals surface area contributed by atoms with E-state index in [4.69, 9.17) is 4.74 Å². The molecule has 2 heterocycles. The number of hydrogen-bond donors (Lipinski definition) is 1. The van der Waals surface area contributed by atoms with E-state index < -0.39 is 0 Å². The number of thiophene rings is 1. The molecule has 0 fully saturated rings. The van der Waals surface area contributed by atoms with Crippen LogP contribution in [0.5, 0.6) is 5.75 Å². The van der Waals surface area contributed by atoms with Gasteiger partial charge in [-0.2, -0.15) is 5.10 Å². The van der Waals surface area contributed by atoms with Crippen LogP contribution in [0.1, 0.15) is 48.7 Å². The standard InChI is InChI=1S/C16H25N3OS/c1-5-10-17-15(14-9-8-12(6-2)21-14)16-13(20-4)11-18-19(16)7-3/h8-9,11,15,17H,5-7,10H2,1-4H3. The molecule has 0 saturated heterocycles. The number of nitrogens with one attached hydrogen (secondary N) is 1. The van der Waals surface area contributed by atoms with Crippen molar-refractivity contribution in [2.45, 2.75) is 46.2 Å². The van der Waals surface area contributed by atoms with E-state index in [2.05, 4.69) is 43.3 Å². The van der Waals surface area contributed by atoms with E-state index in [0.717, 1.165) is 37.4 Å². The number of methoxy groups -OCH3 is 1. The summed E-state index contributed by atoms with van der Waals surface area (Å²) in [6.07, 6.45) is 3.99. The third-order valence-corrected chi connectivity index (χ3v) is 4.85. The minimum absolute atomic E-state index is 0.146. The van der Waals surface area contributed by atoms with Crippen LogP contribution in [0.4, 0.5) is 0 Å². The summed E-state index contributed by atoms with van der Waals surface area (Å²) in [5.41, 5.74) is 1.12. The first-order valence-corrected chi connectivity index (χ1v) is 8.48. The first-order chi connectivity index (χ1) is 10.2. The second-order valence-corrected chi connectivity index (χ2v) is 6.16. The molecule has 1 atom stereocenters. The van der Waals surface area contributed by atoms with Crippen LogP contribution >= 0.6 is 11.3 Å². The van der Waals surface area contributed by atoms with E-state index >= 15 is 0 Å². The van der Waals surface area contributed by atoms with Crippen LogP contribution in [0.2, 0.25) is 0 Å². The van der Waals surface area contributed by atoms with Gasteiger partial charge in [0.2, 0.25) is 0 Å². The van der Waals surface area contributed by atoms with Crippen molar-refractivity contribution in [3.05, 3.63) is 33.8 Å². The van der Waals surface area contributed by atoms with Gasteiger partial charge in [-0.25, -0.2) is 0 Å². The van der Waals surface area contributed by atoms with Crippen molar-refractivity contribution >= 4 is 11.3 Å². The summed E-state index contributed by atoms with van der Waals surface area (Å²) in [5, 5.41) is 8.09. The molecule has 0 aliphatic heterocycles. The zero-order chi connectivity index (χ0) is 15.2. The molecule has 116 valence electrons. The highest BCUT2D eigenvalue weighted by Gasteiger charge is 2.24. The molecular formula is C16H25N3OS. The van der Waals surface area contributed by atoms with Gasteiger partial charge in [-0.05, 0) is 38.4 Å². The fourth-order valence-corrected chi connectivity index (χ4v) is 3.47. The maximum absolute atomic E-state index is 5.52. The largest absolute Gasteiger partial charge is 0.493 e. The fourth-order valence-electron chi connectivity index (χ4n) is 2.44. The van der Waals surface area contributed by atoms with Crippen molar-refractivity contribution in [2.24, 2.45) is 0 Å². The van der Waals surface area contributed by atoms with Gasteiger partial charge in [0, 0.05) is 16.3 Å². The molecule has 2 rings (SSSR count). The molecular weight excluding hydrogens is 282 g/mol. The normalized spacial score (nSPS) is 12.6. The van der Waals surface area contributed by atoms with Crippen LogP contribution in [0, 0.1) is 0 Å². The molecule has 0 spiro atoms.